The van der Waals surface area contributed by atoms with E-state index in [2.05, 4.69) is 4.90 Å². The Morgan fingerprint density at radius 2 is 2.11 bits per heavy atom. The summed E-state index contributed by atoms with van der Waals surface area (Å²) >= 11 is 0. The van der Waals surface area contributed by atoms with Gasteiger partial charge in [-0.25, -0.2) is 10.7 Å². The summed E-state index contributed by atoms with van der Waals surface area (Å²) in [6.07, 6.45) is 1.95. The lowest BCUT2D eigenvalue weighted by atomic mass is 10.1. The number of carbonyl (C=O) groups is 1. The minimum absolute atomic E-state index is 0.144. The largest absolute Gasteiger partial charge is 0.465 e. The minimum Gasteiger partial charge on any atom is -0.465 e. The molecule has 0 amide bonds. The Bertz CT molecular complexity index is 414. The van der Waals surface area contributed by atoms with Gasteiger partial charge in [-0.3, -0.25) is 0 Å². The first-order chi connectivity index (χ1) is 8.74. The predicted molar refractivity (Wildman–Crippen MR) is 68.3 cm³/mol. The van der Waals surface area contributed by atoms with Gasteiger partial charge in [-0.15, -0.1) is 0 Å². The van der Waals surface area contributed by atoms with Crippen molar-refractivity contribution in [2.75, 3.05) is 25.1 Å². The monoisotopic (exact) mass is 250 g/mol. The first-order valence-corrected chi connectivity index (χ1v) is 6.03. The number of nitrogens with zero attached hydrogens (tertiary/aromatic N) is 1. The molecule has 1 aliphatic heterocycles. The molecule has 2 N–H and O–H groups in total. The molecule has 2 rings (SSSR count). The first-order valence-electron chi connectivity index (χ1n) is 6.03. The van der Waals surface area contributed by atoms with Crippen LogP contribution in [0, 0.1) is 0 Å². The van der Waals surface area contributed by atoms with E-state index in [1.165, 1.54) is 7.11 Å². The number of esters is 1. The first kappa shape index (κ1) is 12.9. The number of anilines is 1. The number of piperidine rings is 1. The molecule has 5 nitrogen and oxygen atoms in total. The van der Waals surface area contributed by atoms with E-state index in [9.17, 15) is 4.79 Å². The molecule has 5 heteroatoms. The molecule has 1 fully saturated rings. The van der Waals surface area contributed by atoms with Crippen molar-refractivity contribution >= 4 is 11.7 Å². The van der Waals surface area contributed by atoms with Crippen molar-refractivity contribution in [2.24, 2.45) is 5.90 Å². The second kappa shape index (κ2) is 5.84. The Balaban J connectivity index is 2.07. The van der Waals surface area contributed by atoms with Crippen LogP contribution >= 0.6 is 0 Å². The van der Waals surface area contributed by atoms with Crippen LogP contribution in [0.2, 0.25) is 0 Å². The Kier molecular flexibility index (Phi) is 4.17. The van der Waals surface area contributed by atoms with E-state index in [1.54, 1.807) is 6.07 Å². The maximum absolute atomic E-state index is 11.5. The predicted octanol–water partition coefficient (Wildman–Crippen LogP) is 1.33. The van der Waals surface area contributed by atoms with Crippen LogP contribution in [-0.2, 0) is 9.57 Å². The summed E-state index contributed by atoms with van der Waals surface area (Å²) in [6, 6.07) is 7.48. The lowest BCUT2D eigenvalue weighted by molar-refractivity contribution is 0.0367. The average Bonchev–Trinajstić information content (AvgIpc) is 2.46. The number of carbonyl (C=O) groups excluding carboxylic acids is 1. The fraction of sp³-hybridized carbons (Fsp3) is 0.462. The lowest BCUT2D eigenvalue weighted by Crippen LogP contribution is -2.38. The van der Waals surface area contributed by atoms with Gasteiger partial charge in [0.1, 0.15) is 0 Å². The van der Waals surface area contributed by atoms with Crippen LogP contribution < -0.4 is 10.8 Å². The maximum Gasteiger partial charge on any atom is 0.337 e. The second-order valence-electron chi connectivity index (χ2n) is 4.36. The van der Waals surface area contributed by atoms with E-state index in [0.717, 1.165) is 31.6 Å². The SMILES string of the molecule is COC(=O)c1cccc(N2CCC(ON)CC2)c1. The average molecular weight is 250 g/mol. The Labute approximate surface area is 106 Å². The molecule has 1 aliphatic rings. The van der Waals surface area contributed by atoms with E-state index in [1.807, 2.05) is 18.2 Å². The number of methoxy groups -OCH3 is 1. The van der Waals surface area contributed by atoms with Gasteiger partial charge >= 0.3 is 5.97 Å². The molecule has 0 aliphatic carbocycles. The summed E-state index contributed by atoms with van der Waals surface area (Å²) in [5.41, 5.74) is 1.61. The van der Waals surface area contributed by atoms with E-state index in [4.69, 9.17) is 15.5 Å². The summed E-state index contributed by atoms with van der Waals surface area (Å²) < 4.78 is 4.72. The van der Waals surface area contributed by atoms with Crippen molar-refractivity contribution < 1.29 is 14.4 Å². The second-order valence-corrected chi connectivity index (χ2v) is 4.36. The lowest BCUT2D eigenvalue weighted by Gasteiger charge is -2.32. The van der Waals surface area contributed by atoms with Crippen molar-refractivity contribution in [3.63, 3.8) is 0 Å². The Morgan fingerprint density at radius 1 is 1.39 bits per heavy atom. The van der Waals surface area contributed by atoms with Crippen molar-refractivity contribution in [1.82, 2.24) is 0 Å². The summed E-state index contributed by atoms with van der Waals surface area (Å²) in [4.78, 5) is 18.5. The molecule has 0 radical (unpaired) electrons. The van der Waals surface area contributed by atoms with Gasteiger partial charge in [0.15, 0.2) is 0 Å². The van der Waals surface area contributed by atoms with Gasteiger partial charge in [0.05, 0.1) is 18.8 Å². The highest BCUT2D eigenvalue weighted by Crippen LogP contribution is 2.22. The number of ether oxygens (including phenoxy) is 1. The molecule has 0 unspecified atom stereocenters. The molecule has 0 saturated carbocycles. The molecule has 0 bridgehead atoms. The van der Waals surface area contributed by atoms with Gasteiger partial charge in [-0.05, 0) is 31.0 Å². The van der Waals surface area contributed by atoms with Crippen molar-refractivity contribution in [3.05, 3.63) is 29.8 Å². The summed E-state index contributed by atoms with van der Waals surface area (Å²) in [7, 11) is 1.39. The smallest absolute Gasteiger partial charge is 0.337 e. The summed E-state index contributed by atoms with van der Waals surface area (Å²) in [5.74, 6) is 4.88. The van der Waals surface area contributed by atoms with E-state index in [-0.39, 0.29) is 12.1 Å². The van der Waals surface area contributed by atoms with Crippen LogP contribution in [0.4, 0.5) is 5.69 Å². The third-order valence-electron chi connectivity index (χ3n) is 3.27. The minimum atomic E-state index is -0.308. The van der Waals surface area contributed by atoms with Gasteiger partial charge < -0.3 is 14.5 Å². The highest BCUT2D eigenvalue weighted by Gasteiger charge is 2.20. The zero-order valence-electron chi connectivity index (χ0n) is 10.5. The third kappa shape index (κ3) is 2.80. The third-order valence-corrected chi connectivity index (χ3v) is 3.27. The number of benzene rings is 1. The molecule has 1 aromatic rings. The van der Waals surface area contributed by atoms with Crippen molar-refractivity contribution in [3.8, 4) is 0 Å². The van der Waals surface area contributed by atoms with Crippen LogP contribution in [0.25, 0.3) is 0 Å². The summed E-state index contributed by atoms with van der Waals surface area (Å²) in [5, 5.41) is 0. The highest BCUT2D eigenvalue weighted by molar-refractivity contribution is 5.90. The zero-order valence-corrected chi connectivity index (χ0v) is 10.5. The van der Waals surface area contributed by atoms with Crippen molar-refractivity contribution in [1.29, 1.82) is 0 Å². The topological polar surface area (TPSA) is 64.8 Å². The fourth-order valence-corrected chi connectivity index (χ4v) is 2.20. The number of hydrogen-bond acceptors (Lipinski definition) is 5. The number of rotatable bonds is 3. The van der Waals surface area contributed by atoms with Crippen molar-refractivity contribution in [2.45, 2.75) is 18.9 Å². The van der Waals surface area contributed by atoms with E-state index in [0.29, 0.717) is 5.56 Å². The zero-order chi connectivity index (χ0) is 13.0. The fourth-order valence-electron chi connectivity index (χ4n) is 2.20. The van der Waals surface area contributed by atoms with Crippen LogP contribution in [-0.4, -0.2) is 32.3 Å². The molecule has 0 aromatic heterocycles. The number of hydrogen-bond donors (Lipinski definition) is 1. The summed E-state index contributed by atoms with van der Waals surface area (Å²) in [6.45, 7) is 1.76. The molecular weight excluding hydrogens is 232 g/mol. The van der Waals surface area contributed by atoms with Gasteiger partial charge in [0.25, 0.3) is 0 Å². The standard InChI is InChI=1S/C13H18N2O3/c1-17-13(16)10-3-2-4-11(9-10)15-7-5-12(18-14)6-8-15/h2-4,9,12H,5-8,14H2,1H3. The van der Waals surface area contributed by atoms with Gasteiger partial charge in [0.2, 0.25) is 0 Å². The van der Waals surface area contributed by atoms with Gasteiger partial charge in [-0.2, -0.15) is 0 Å². The Hall–Kier alpha value is -1.59. The quantitative estimate of drug-likeness (QED) is 0.647. The van der Waals surface area contributed by atoms with Gasteiger partial charge in [-0.1, -0.05) is 6.07 Å². The Morgan fingerprint density at radius 3 is 2.72 bits per heavy atom. The highest BCUT2D eigenvalue weighted by atomic mass is 16.6. The van der Waals surface area contributed by atoms with Gasteiger partial charge in [0, 0.05) is 18.8 Å². The van der Waals surface area contributed by atoms with Crippen LogP contribution in [0.1, 0.15) is 23.2 Å². The molecule has 0 atom stereocenters. The molecule has 1 heterocycles. The molecular formula is C13H18N2O3. The number of nitrogens with two attached hydrogens (primary N) is 1. The molecule has 1 aromatic carbocycles. The van der Waals surface area contributed by atoms with Crippen LogP contribution in [0.5, 0.6) is 0 Å². The maximum atomic E-state index is 11.5. The van der Waals surface area contributed by atoms with Crippen LogP contribution in [0.3, 0.4) is 0 Å². The molecule has 1 saturated heterocycles. The molecule has 98 valence electrons. The van der Waals surface area contributed by atoms with E-state index >= 15 is 0 Å². The van der Waals surface area contributed by atoms with Crippen LogP contribution in [0.15, 0.2) is 24.3 Å². The molecule has 0 spiro atoms. The normalized spacial score (nSPS) is 16.7. The molecule has 18 heavy (non-hydrogen) atoms. The van der Waals surface area contributed by atoms with E-state index < -0.39 is 0 Å².